The first kappa shape index (κ1) is 19.0. The van der Waals surface area contributed by atoms with Crippen molar-refractivity contribution in [2.45, 2.75) is 32.9 Å². The van der Waals surface area contributed by atoms with E-state index in [0.717, 1.165) is 22.5 Å². The van der Waals surface area contributed by atoms with Gasteiger partial charge in [-0.25, -0.2) is 4.79 Å². The van der Waals surface area contributed by atoms with Crippen molar-refractivity contribution in [2.75, 3.05) is 20.3 Å². The second-order valence-corrected chi connectivity index (χ2v) is 6.25. The summed E-state index contributed by atoms with van der Waals surface area (Å²) in [7, 11) is 1.56. The lowest BCUT2D eigenvalue weighted by atomic mass is 10.0. The molecule has 2 aromatic rings. The van der Waals surface area contributed by atoms with E-state index in [4.69, 9.17) is 9.15 Å². The standard InChI is InChI=1S/C19H26N2O4/c1-12-7-13(2)9-15(8-12)17(22)10-20-19(23)21-16(11-24-4)18-6-5-14(3)25-18/h5-9,16-17,22H,10-11H2,1-4H3,(H2,20,21,23)/t16-,17-/m0/s1. The van der Waals surface area contributed by atoms with Gasteiger partial charge in [-0.15, -0.1) is 0 Å². The number of carbonyl (C=O) groups excluding carboxylic acids is 1. The molecule has 2 atom stereocenters. The molecule has 1 heterocycles. The van der Waals surface area contributed by atoms with Crippen molar-refractivity contribution in [1.82, 2.24) is 10.6 Å². The highest BCUT2D eigenvalue weighted by Gasteiger charge is 2.18. The summed E-state index contributed by atoms with van der Waals surface area (Å²) in [6.07, 6.45) is -0.768. The molecule has 0 aliphatic carbocycles. The molecule has 0 aliphatic rings. The zero-order valence-electron chi connectivity index (χ0n) is 15.1. The van der Waals surface area contributed by atoms with Gasteiger partial charge in [-0.2, -0.15) is 0 Å². The Morgan fingerprint density at radius 1 is 1.20 bits per heavy atom. The van der Waals surface area contributed by atoms with Crippen molar-refractivity contribution in [1.29, 1.82) is 0 Å². The number of aryl methyl sites for hydroxylation is 3. The van der Waals surface area contributed by atoms with Crippen LogP contribution in [0.1, 0.15) is 40.4 Å². The van der Waals surface area contributed by atoms with Gasteiger partial charge in [0.2, 0.25) is 0 Å². The lowest BCUT2D eigenvalue weighted by molar-refractivity contribution is 0.152. The van der Waals surface area contributed by atoms with E-state index in [2.05, 4.69) is 10.6 Å². The van der Waals surface area contributed by atoms with Crippen LogP contribution in [0.3, 0.4) is 0 Å². The summed E-state index contributed by atoms with van der Waals surface area (Å²) < 4.78 is 10.7. The Hall–Kier alpha value is -2.31. The fraction of sp³-hybridized carbons (Fsp3) is 0.421. The Morgan fingerprint density at radius 3 is 2.44 bits per heavy atom. The van der Waals surface area contributed by atoms with E-state index in [1.54, 1.807) is 7.11 Å². The number of furan rings is 1. The van der Waals surface area contributed by atoms with Gasteiger partial charge in [0.25, 0.3) is 0 Å². The molecule has 0 fully saturated rings. The number of ether oxygens (including phenoxy) is 1. The van der Waals surface area contributed by atoms with Crippen LogP contribution in [0.4, 0.5) is 4.79 Å². The number of aliphatic hydroxyl groups excluding tert-OH is 1. The van der Waals surface area contributed by atoms with Crippen LogP contribution in [0.2, 0.25) is 0 Å². The fourth-order valence-corrected chi connectivity index (χ4v) is 2.72. The summed E-state index contributed by atoms with van der Waals surface area (Å²) >= 11 is 0. The maximum Gasteiger partial charge on any atom is 0.315 e. The molecule has 0 radical (unpaired) electrons. The molecule has 2 amide bonds. The van der Waals surface area contributed by atoms with E-state index < -0.39 is 12.1 Å². The number of amides is 2. The van der Waals surface area contributed by atoms with Gasteiger partial charge in [0.1, 0.15) is 17.6 Å². The van der Waals surface area contributed by atoms with Crippen LogP contribution in [0.15, 0.2) is 34.7 Å². The van der Waals surface area contributed by atoms with Crippen molar-refractivity contribution in [3.05, 3.63) is 58.5 Å². The second kappa shape index (κ2) is 8.69. The number of methoxy groups -OCH3 is 1. The number of urea groups is 1. The van der Waals surface area contributed by atoms with Crippen molar-refractivity contribution in [2.24, 2.45) is 0 Å². The zero-order valence-corrected chi connectivity index (χ0v) is 15.1. The number of aliphatic hydroxyl groups is 1. The van der Waals surface area contributed by atoms with Gasteiger partial charge in [-0.05, 0) is 38.5 Å². The van der Waals surface area contributed by atoms with E-state index in [0.29, 0.717) is 12.4 Å². The molecule has 1 aromatic heterocycles. The summed E-state index contributed by atoms with van der Waals surface area (Å²) in [5, 5.41) is 15.8. The van der Waals surface area contributed by atoms with Gasteiger partial charge in [0.05, 0.1) is 12.7 Å². The molecule has 25 heavy (non-hydrogen) atoms. The van der Waals surface area contributed by atoms with Gasteiger partial charge < -0.3 is 24.9 Å². The normalized spacial score (nSPS) is 13.3. The minimum atomic E-state index is -0.768. The minimum Gasteiger partial charge on any atom is -0.464 e. The fourth-order valence-electron chi connectivity index (χ4n) is 2.72. The number of rotatable bonds is 7. The third kappa shape index (κ3) is 5.62. The Labute approximate surface area is 148 Å². The predicted molar refractivity (Wildman–Crippen MR) is 95.5 cm³/mol. The van der Waals surface area contributed by atoms with Crippen molar-refractivity contribution in [3.8, 4) is 0 Å². The summed E-state index contributed by atoms with van der Waals surface area (Å²) in [5.41, 5.74) is 2.94. The molecule has 0 spiro atoms. The average Bonchev–Trinajstić information content (AvgIpc) is 2.97. The van der Waals surface area contributed by atoms with E-state index in [1.807, 2.05) is 51.1 Å². The molecule has 6 nitrogen and oxygen atoms in total. The third-order valence-corrected chi connectivity index (χ3v) is 3.83. The molecule has 0 saturated heterocycles. The molecule has 3 N–H and O–H groups in total. The number of nitrogens with one attached hydrogen (secondary N) is 2. The molecule has 0 bridgehead atoms. The highest BCUT2D eigenvalue weighted by Crippen LogP contribution is 2.18. The van der Waals surface area contributed by atoms with Crippen LogP contribution in [0.25, 0.3) is 0 Å². The van der Waals surface area contributed by atoms with Crippen LogP contribution >= 0.6 is 0 Å². The van der Waals surface area contributed by atoms with Crippen LogP contribution in [0, 0.1) is 20.8 Å². The first-order valence-electron chi connectivity index (χ1n) is 8.25. The van der Waals surface area contributed by atoms with Crippen molar-refractivity contribution in [3.63, 3.8) is 0 Å². The van der Waals surface area contributed by atoms with E-state index >= 15 is 0 Å². The number of hydrogen-bond donors (Lipinski definition) is 3. The minimum absolute atomic E-state index is 0.117. The summed E-state index contributed by atoms with van der Waals surface area (Å²) in [5.74, 6) is 1.40. The second-order valence-electron chi connectivity index (χ2n) is 6.25. The number of carbonyl (C=O) groups is 1. The molecule has 2 rings (SSSR count). The largest absolute Gasteiger partial charge is 0.464 e. The van der Waals surface area contributed by atoms with E-state index in [-0.39, 0.29) is 12.6 Å². The summed E-state index contributed by atoms with van der Waals surface area (Å²) in [6, 6.07) is 8.73. The molecular weight excluding hydrogens is 320 g/mol. The first-order chi connectivity index (χ1) is 11.9. The first-order valence-corrected chi connectivity index (χ1v) is 8.25. The van der Waals surface area contributed by atoms with Crippen molar-refractivity contribution < 1.29 is 19.1 Å². The third-order valence-electron chi connectivity index (χ3n) is 3.83. The molecule has 0 saturated carbocycles. The molecule has 1 aromatic carbocycles. The van der Waals surface area contributed by atoms with Gasteiger partial charge in [0.15, 0.2) is 0 Å². The van der Waals surface area contributed by atoms with Gasteiger partial charge in [-0.1, -0.05) is 29.3 Å². The Bertz CT molecular complexity index is 691. The quantitative estimate of drug-likeness (QED) is 0.720. The lowest BCUT2D eigenvalue weighted by Gasteiger charge is -2.18. The Morgan fingerprint density at radius 2 is 1.88 bits per heavy atom. The van der Waals surface area contributed by atoms with Crippen LogP contribution in [-0.2, 0) is 4.74 Å². The smallest absolute Gasteiger partial charge is 0.315 e. The zero-order chi connectivity index (χ0) is 18.4. The van der Waals surface area contributed by atoms with Gasteiger partial charge in [-0.3, -0.25) is 0 Å². The van der Waals surface area contributed by atoms with Gasteiger partial charge in [0, 0.05) is 13.7 Å². The SMILES string of the molecule is COC[C@H](NC(=O)NC[C@H](O)c1cc(C)cc(C)c1)c1ccc(C)o1. The topological polar surface area (TPSA) is 83.7 Å². The summed E-state index contributed by atoms with van der Waals surface area (Å²) in [6.45, 7) is 6.20. The molecule has 6 heteroatoms. The Balaban J connectivity index is 1.92. The van der Waals surface area contributed by atoms with E-state index in [1.165, 1.54) is 0 Å². The highest BCUT2D eigenvalue weighted by molar-refractivity contribution is 5.74. The highest BCUT2D eigenvalue weighted by atomic mass is 16.5. The average molecular weight is 346 g/mol. The van der Waals surface area contributed by atoms with Crippen molar-refractivity contribution >= 4 is 6.03 Å². The number of benzene rings is 1. The molecule has 0 aliphatic heterocycles. The van der Waals surface area contributed by atoms with E-state index in [9.17, 15) is 9.90 Å². The monoisotopic (exact) mass is 346 g/mol. The molecule has 136 valence electrons. The maximum absolute atomic E-state index is 12.1. The lowest BCUT2D eigenvalue weighted by Crippen LogP contribution is -2.41. The summed E-state index contributed by atoms with van der Waals surface area (Å²) in [4.78, 5) is 12.1. The van der Waals surface area contributed by atoms with Crippen LogP contribution in [0.5, 0.6) is 0 Å². The van der Waals surface area contributed by atoms with Gasteiger partial charge >= 0.3 is 6.03 Å². The van der Waals surface area contributed by atoms with Crippen LogP contribution in [-0.4, -0.2) is 31.4 Å². The Kier molecular flexibility index (Phi) is 6.61. The predicted octanol–water partition coefficient (Wildman–Crippen LogP) is 2.93. The van der Waals surface area contributed by atoms with Crippen LogP contribution < -0.4 is 10.6 Å². The molecule has 0 unspecified atom stereocenters. The molecular formula is C19H26N2O4. The maximum atomic E-state index is 12.1. The number of hydrogen-bond acceptors (Lipinski definition) is 4.